The summed E-state index contributed by atoms with van der Waals surface area (Å²) >= 11 is 0. The lowest BCUT2D eigenvalue weighted by molar-refractivity contribution is 0.0487. The lowest BCUT2D eigenvalue weighted by atomic mass is 9.92. The molecule has 0 aliphatic rings. The fraction of sp³-hybridized carbons (Fsp3) is 0.364. The Morgan fingerprint density at radius 1 is 0.741 bits per heavy atom. The van der Waals surface area contributed by atoms with Gasteiger partial charge in [-0.1, -0.05) is 48.5 Å². The quantitative estimate of drug-likeness (QED) is 0.731. The first-order chi connectivity index (χ1) is 12.4. The molecule has 0 bridgehead atoms. The summed E-state index contributed by atoms with van der Waals surface area (Å²) in [5.74, 6) is -0.699. The van der Waals surface area contributed by atoms with E-state index in [2.05, 4.69) is 0 Å². The van der Waals surface area contributed by atoms with Crippen LogP contribution in [0.5, 0.6) is 0 Å². The average molecular weight is 370 g/mol. The number of ether oxygens (including phenoxy) is 1. The second kappa shape index (κ2) is 7.72. The standard InChI is InChI=1S/C22H26O5/c1-21(2,25)19(23)16-10-6-14(7-11-16)18(27-5)15-8-12-17(13-9-15)20(24)22(3,4)26/h6-13,18,25-26H,1-5H3. The van der Waals surface area contributed by atoms with E-state index in [9.17, 15) is 19.8 Å². The number of aliphatic hydroxyl groups is 2. The Hall–Kier alpha value is -2.34. The van der Waals surface area contributed by atoms with Crippen LogP contribution in [0.3, 0.4) is 0 Å². The van der Waals surface area contributed by atoms with Crippen molar-refractivity contribution in [3.05, 3.63) is 70.8 Å². The summed E-state index contributed by atoms with van der Waals surface area (Å²) in [7, 11) is 1.58. The molecule has 27 heavy (non-hydrogen) atoms. The van der Waals surface area contributed by atoms with Gasteiger partial charge in [-0.25, -0.2) is 0 Å². The monoisotopic (exact) mass is 370 g/mol. The summed E-state index contributed by atoms with van der Waals surface area (Å²) in [6.07, 6.45) is -0.373. The summed E-state index contributed by atoms with van der Waals surface area (Å²) in [5, 5.41) is 19.7. The highest BCUT2D eigenvalue weighted by Crippen LogP contribution is 2.27. The molecule has 5 heteroatoms. The lowest BCUT2D eigenvalue weighted by Crippen LogP contribution is -2.31. The number of methoxy groups -OCH3 is 1. The number of rotatable bonds is 7. The Morgan fingerprint density at radius 3 is 1.26 bits per heavy atom. The Bertz CT molecular complexity index is 736. The number of carbonyl (C=O) groups excluding carboxylic acids is 2. The average Bonchev–Trinajstić information content (AvgIpc) is 2.61. The summed E-state index contributed by atoms with van der Waals surface area (Å²) in [5.41, 5.74) is -0.326. The molecule has 2 aromatic rings. The summed E-state index contributed by atoms with van der Waals surface area (Å²) in [6, 6.07) is 13.8. The van der Waals surface area contributed by atoms with Crippen LogP contribution in [0.4, 0.5) is 0 Å². The number of benzene rings is 2. The molecule has 0 amide bonds. The van der Waals surface area contributed by atoms with Gasteiger partial charge in [-0.3, -0.25) is 9.59 Å². The van der Waals surface area contributed by atoms with E-state index >= 15 is 0 Å². The highest BCUT2D eigenvalue weighted by atomic mass is 16.5. The zero-order valence-electron chi connectivity index (χ0n) is 16.3. The topological polar surface area (TPSA) is 83.8 Å². The third-order valence-corrected chi connectivity index (χ3v) is 4.30. The molecule has 0 aliphatic heterocycles. The minimum Gasteiger partial charge on any atom is -0.382 e. The van der Waals surface area contributed by atoms with E-state index in [-0.39, 0.29) is 17.7 Å². The van der Waals surface area contributed by atoms with Crippen LogP contribution in [0.1, 0.15) is 65.6 Å². The molecule has 2 aromatic carbocycles. The van der Waals surface area contributed by atoms with E-state index in [0.29, 0.717) is 11.1 Å². The van der Waals surface area contributed by atoms with Crippen LogP contribution in [0.15, 0.2) is 48.5 Å². The van der Waals surface area contributed by atoms with Crippen LogP contribution in [0, 0.1) is 0 Å². The zero-order valence-corrected chi connectivity index (χ0v) is 16.3. The van der Waals surface area contributed by atoms with E-state index in [0.717, 1.165) is 11.1 Å². The van der Waals surface area contributed by atoms with Crippen molar-refractivity contribution in [3.8, 4) is 0 Å². The van der Waals surface area contributed by atoms with Crippen LogP contribution < -0.4 is 0 Å². The first-order valence-corrected chi connectivity index (χ1v) is 8.72. The minimum atomic E-state index is -1.43. The Balaban J connectivity index is 2.27. The van der Waals surface area contributed by atoms with Gasteiger partial charge in [0, 0.05) is 18.2 Å². The van der Waals surface area contributed by atoms with Gasteiger partial charge in [-0.05, 0) is 38.8 Å². The van der Waals surface area contributed by atoms with Crippen molar-refractivity contribution in [2.24, 2.45) is 0 Å². The van der Waals surface area contributed by atoms with Crippen molar-refractivity contribution in [1.82, 2.24) is 0 Å². The van der Waals surface area contributed by atoms with Gasteiger partial charge in [-0.15, -0.1) is 0 Å². The van der Waals surface area contributed by atoms with Gasteiger partial charge in [0.2, 0.25) is 0 Å². The first kappa shape index (κ1) is 21.0. The van der Waals surface area contributed by atoms with Crippen molar-refractivity contribution in [1.29, 1.82) is 0 Å². The number of ketones is 2. The smallest absolute Gasteiger partial charge is 0.193 e. The molecule has 0 unspecified atom stereocenters. The van der Waals surface area contributed by atoms with Gasteiger partial charge in [-0.2, -0.15) is 0 Å². The molecule has 0 aromatic heterocycles. The SMILES string of the molecule is COC(c1ccc(C(=O)C(C)(C)O)cc1)c1ccc(C(=O)C(C)(C)O)cc1. The van der Waals surface area contributed by atoms with Gasteiger partial charge in [0.25, 0.3) is 0 Å². The molecule has 2 N–H and O–H groups in total. The van der Waals surface area contributed by atoms with Crippen molar-refractivity contribution < 1.29 is 24.5 Å². The maximum Gasteiger partial charge on any atom is 0.193 e. The second-order valence-corrected chi connectivity index (χ2v) is 7.64. The van der Waals surface area contributed by atoms with Crippen LogP contribution in [-0.4, -0.2) is 40.1 Å². The third kappa shape index (κ3) is 4.89. The van der Waals surface area contributed by atoms with E-state index in [1.807, 2.05) is 0 Å². The largest absolute Gasteiger partial charge is 0.382 e. The van der Waals surface area contributed by atoms with Crippen LogP contribution in [-0.2, 0) is 4.74 Å². The van der Waals surface area contributed by atoms with Gasteiger partial charge < -0.3 is 14.9 Å². The van der Waals surface area contributed by atoms with E-state index < -0.39 is 11.2 Å². The van der Waals surface area contributed by atoms with Crippen molar-refractivity contribution in [2.75, 3.05) is 7.11 Å². The van der Waals surface area contributed by atoms with Crippen molar-refractivity contribution in [2.45, 2.75) is 45.0 Å². The second-order valence-electron chi connectivity index (χ2n) is 7.64. The van der Waals surface area contributed by atoms with Gasteiger partial charge in [0.15, 0.2) is 11.6 Å². The minimum absolute atomic E-state index is 0.350. The fourth-order valence-corrected chi connectivity index (χ4v) is 2.79. The van der Waals surface area contributed by atoms with Crippen LogP contribution in [0.2, 0.25) is 0 Å². The Kier molecular flexibility index (Phi) is 6.00. The number of Topliss-reactive ketones (excluding diaryl/α,β-unsaturated/α-hetero) is 2. The molecule has 0 spiro atoms. The van der Waals surface area contributed by atoms with E-state index in [1.54, 1.807) is 55.6 Å². The summed E-state index contributed by atoms with van der Waals surface area (Å²) < 4.78 is 5.59. The molecular weight excluding hydrogens is 344 g/mol. The molecule has 0 fully saturated rings. The first-order valence-electron chi connectivity index (χ1n) is 8.72. The number of hydrogen-bond acceptors (Lipinski definition) is 5. The normalized spacial score (nSPS) is 12.3. The van der Waals surface area contributed by atoms with E-state index in [4.69, 9.17) is 4.74 Å². The van der Waals surface area contributed by atoms with Crippen molar-refractivity contribution in [3.63, 3.8) is 0 Å². The molecule has 0 radical (unpaired) electrons. The maximum absolute atomic E-state index is 12.1. The molecule has 0 heterocycles. The molecule has 0 saturated carbocycles. The highest BCUT2D eigenvalue weighted by molar-refractivity contribution is 6.02. The van der Waals surface area contributed by atoms with Crippen LogP contribution >= 0.6 is 0 Å². The molecule has 2 rings (SSSR count). The van der Waals surface area contributed by atoms with Crippen molar-refractivity contribution >= 4 is 11.6 Å². The Morgan fingerprint density at radius 2 is 1.04 bits per heavy atom. The molecule has 0 saturated heterocycles. The highest BCUT2D eigenvalue weighted by Gasteiger charge is 2.26. The molecule has 144 valence electrons. The van der Waals surface area contributed by atoms with Gasteiger partial charge >= 0.3 is 0 Å². The molecular formula is C22H26O5. The van der Waals surface area contributed by atoms with E-state index in [1.165, 1.54) is 27.7 Å². The maximum atomic E-state index is 12.1. The summed E-state index contributed by atoms with van der Waals surface area (Å²) in [6.45, 7) is 5.82. The van der Waals surface area contributed by atoms with Gasteiger partial charge in [0.05, 0.1) is 0 Å². The van der Waals surface area contributed by atoms with Gasteiger partial charge in [0.1, 0.15) is 17.3 Å². The van der Waals surface area contributed by atoms with Crippen LogP contribution in [0.25, 0.3) is 0 Å². The number of carbonyl (C=O) groups is 2. The molecule has 0 atom stereocenters. The molecule has 0 aliphatic carbocycles. The zero-order chi connectivity index (χ0) is 20.4. The molecule has 5 nitrogen and oxygen atoms in total. The Labute approximate surface area is 159 Å². The summed E-state index contributed by atoms with van der Waals surface area (Å²) in [4.78, 5) is 24.3. The predicted octanol–water partition coefficient (Wildman–Crippen LogP) is 3.33. The number of hydrogen-bond donors (Lipinski definition) is 2. The predicted molar refractivity (Wildman–Crippen MR) is 103 cm³/mol. The lowest BCUT2D eigenvalue weighted by Gasteiger charge is -2.19. The third-order valence-electron chi connectivity index (χ3n) is 4.30. The fourth-order valence-electron chi connectivity index (χ4n) is 2.79.